The summed E-state index contributed by atoms with van der Waals surface area (Å²) in [4.78, 5) is 14.5. The fourth-order valence-corrected chi connectivity index (χ4v) is 3.01. The average molecular weight is 267 g/mol. The minimum atomic E-state index is -0.369. The Morgan fingerprint density at radius 1 is 1.11 bits per heavy atom. The van der Waals surface area contributed by atoms with E-state index in [9.17, 15) is 4.79 Å². The normalized spacial score (nSPS) is 29.6. The van der Waals surface area contributed by atoms with E-state index in [-0.39, 0.29) is 17.9 Å². The molecule has 0 aromatic carbocycles. The van der Waals surface area contributed by atoms with Gasteiger partial charge in [0.1, 0.15) is 0 Å². The number of hydrogen-bond donors (Lipinski definition) is 2. The first kappa shape index (κ1) is 14.8. The van der Waals surface area contributed by atoms with Crippen LogP contribution in [-0.2, 0) is 4.79 Å². The molecule has 0 aromatic heterocycles. The Hall–Kier alpha value is -0.610. The average Bonchev–Trinajstić information content (AvgIpc) is 3.22. The zero-order valence-corrected chi connectivity index (χ0v) is 12.6. The van der Waals surface area contributed by atoms with Gasteiger partial charge in [0.05, 0.1) is 6.04 Å². The number of hydrogen-bond acceptors (Lipinski definition) is 3. The summed E-state index contributed by atoms with van der Waals surface area (Å²) >= 11 is 0. The zero-order valence-electron chi connectivity index (χ0n) is 12.6. The van der Waals surface area contributed by atoms with Crippen LogP contribution in [0, 0.1) is 5.92 Å². The summed E-state index contributed by atoms with van der Waals surface area (Å²) in [6.07, 6.45) is 7.34. The molecule has 0 bridgehead atoms. The van der Waals surface area contributed by atoms with E-state index in [0.29, 0.717) is 6.04 Å². The maximum Gasteiger partial charge on any atom is 0.237 e. The lowest BCUT2D eigenvalue weighted by atomic mass is 9.90. The smallest absolute Gasteiger partial charge is 0.237 e. The highest BCUT2D eigenvalue weighted by atomic mass is 16.2. The van der Waals surface area contributed by atoms with Crippen LogP contribution in [0.3, 0.4) is 0 Å². The molecule has 1 amide bonds. The molecule has 0 heterocycles. The molecule has 4 heteroatoms. The van der Waals surface area contributed by atoms with Crippen molar-refractivity contribution in [3.05, 3.63) is 0 Å². The van der Waals surface area contributed by atoms with Gasteiger partial charge in [-0.2, -0.15) is 0 Å². The highest BCUT2D eigenvalue weighted by molar-refractivity contribution is 5.82. The van der Waals surface area contributed by atoms with Crippen LogP contribution < -0.4 is 11.1 Å². The van der Waals surface area contributed by atoms with Gasteiger partial charge in [-0.3, -0.25) is 4.79 Å². The summed E-state index contributed by atoms with van der Waals surface area (Å²) in [6.45, 7) is 3.98. The molecule has 0 unspecified atom stereocenters. The second-order valence-electron chi connectivity index (χ2n) is 6.68. The first-order chi connectivity index (χ1) is 8.99. The first-order valence-corrected chi connectivity index (χ1v) is 7.77. The van der Waals surface area contributed by atoms with Gasteiger partial charge in [0, 0.05) is 18.1 Å². The third kappa shape index (κ3) is 3.93. The summed E-state index contributed by atoms with van der Waals surface area (Å²) in [6, 6.07) is 1.53. The van der Waals surface area contributed by atoms with E-state index in [4.69, 9.17) is 5.73 Å². The number of amides is 1. The number of rotatable bonds is 5. The predicted molar refractivity (Wildman–Crippen MR) is 77.8 cm³/mol. The van der Waals surface area contributed by atoms with Crippen LogP contribution in [0.4, 0.5) is 0 Å². The molecule has 19 heavy (non-hydrogen) atoms. The quantitative estimate of drug-likeness (QED) is 0.793. The van der Waals surface area contributed by atoms with E-state index in [1.54, 1.807) is 0 Å². The van der Waals surface area contributed by atoms with Crippen molar-refractivity contribution >= 4 is 5.91 Å². The Labute approximate surface area is 117 Å². The van der Waals surface area contributed by atoms with E-state index in [1.807, 2.05) is 13.8 Å². The summed E-state index contributed by atoms with van der Waals surface area (Å²) < 4.78 is 0. The molecule has 4 nitrogen and oxygen atoms in total. The van der Waals surface area contributed by atoms with Crippen molar-refractivity contribution in [2.75, 3.05) is 7.05 Å². The van der Waals surface area contributed by atoms with Crippen LogP contribution in [0.25, 0.3) is 0 Å². The van der Waals surface area contributed by atoms with Gasteiger partial charge in [-0.25, -0.2) is 0 Å². The number of carbonyl (C=O) groups is 1. The summed E-state index contributed by atoms with van der Waals surface area (Å²) in [7, 11) is 2.26. The Morgan fingerprint density at radius 2 is 1.58 bits per heavy atom. The van der Waals surface area contributed by atoms with Crippen LogP contribution in [0.5, 0.6) is 0 Å². The van der Waals surface area contributed by atoms with Gasteiger partial charge in [-0.1, -0.05) is 13.8 Å². The van der Waals surface area contributed by atoms with Crippen LogP contribution >= 0.6 is 0 Å². The fourth-order valence-electron chi connectivity index (χ4n) is 3.01. The molecule has 0 saturated heterocycles. The van der Waals surface area contributed by atoms with E-state index in [2.05, 4.69) is 17.3 Å². The van der Waals surface area contributed by atoms with Crippen molar-refractivity contribution in [1.82, 2.24) is 10.2 Å². The molecular formula is C15H29N3O. The standard InChI is InChI=1S/C15H29N3O/c1-10(2)14(16)15(19)17-11-4-6-12(7-5-11)18(3)13-8-9-13/h10-14H,4-9,16H2,1-3H3,(H,17,19)/t11?,12?,14-/m0/s1. The van der Waals surface area contributed by atoms with E-state index in [0.717, 1.165) is 24.9 Å². The largest absolute Gasteiger partial charge is 0.352 e. The Kier molecular flexibility index (Phi) is 4.85. The lowest BCUT2D eigenvalue weighted by Gasteiger charge is -2.35. The van der Waals surface area contributed by atoms with Crippen LogP contribution in [0.2, 0.25) is 0 Å². The van der Waals surface area contributed by atoms with Gasteiger partial charge in [-0.05, 0) is 51.5 Å². The topological polar surface area (TPSA) is 58.4 Å². The lowest BCUT2D eigenvalue weighted by Crippen LogP contribution is -2.50. The van der Waals surface area contributed by atoms with Gasteiger partial charge in [-0.15, -0.1) is 0 Å². The van der Waals surface area contributed by atoms with Crippen molar-refractivity contribution in [3.63, 3.8) is 0 Å². The molecule has 2 rings (SSSR count). The van der Waals surface area contributed by atoms with Gasteiger partial charge >= 0.3 is 0 Å². The first-order valence-electron chi connectivity index (χ1n) is 7.77. The zero-order chi connectivity index (χ0) is 14.0. The molecular weight excluding hydrogens is 238 g/mol. The molecule has 2 aliphatic rings. The molecule has 110 valence electrons. The van der Waals surface area contributed by atoms with Crippen molar-refractivity contribution < 1.29 is 4.79 Å². The molecule has 1 atom stereocenters. The summed E-state index contributed by atoms with van der Waals surface area (Å²) in [5.41, 5.74) is 5.88. The van der Waals surface area contributed by atoms with Crippen molar-refractivity contribution in [2.24, 2.45) is 11.7 Å². The van der Waals surface area contributed by atoms with E-state index < -0.39 is 0 Å². The van der Waals surface area contributed by atoms with Crippen LogP contribution in [-0.4, -0.2) is 42.0 Å². The molecule has 2 saturated carbocycles. The molecule has 3 N–H and O–H groups in total. The third-order valence-electron chi connectivity index (χ3n) is 4.76. The minimum Gasteiger partial charge on any atom is -0.352 e. The molecule has 0 radical (unpaired) electrons. The Morgan fingerprint density at radius 3 is 2.00 bits per heavy atom. The highest BCUT2D eigenvalue weighted by Gasteiger charge is 2.33. The minimum absolute atomic E-state index is 0.0222. The van der Waals surface area contributed by atoms with Crippen molar-refractivity contribution in [3.8, 4) is 0 Å². The summed E-state index contributed by atoms with van der Waals surface area (Å²) in [5.74, 6) is 0.228. The van der Waals surface area contributed by atoms with Crippen molar-refractivity contribution in [2.45, 2.75) is 76.5 Å². The van der Waals surface area contributed by atoms with E-state index in [1.165, 1.54) is 25.7 Å². The molecule has 0 spiro atoms. The predicted octanol–water partition coefficient (Wildman–Crippen LogP) is 1.49. The van der Waals surface area contributed by atoms with Gasteiger partial charge < -0.3 is 16.0 Å². The van der Waals surface area contributed by atoms with E-state index >= 15 is 0 Å². The molecule has 2 aliphatic carbocycles. The number of nitrogens with zero attached hydrogens (tertiary/aromatic N) is 1. The highest BCUT2D eigenvalue weighted by Crippen LogP contribution is 2.32. The maximum absolute atomic E-state index is 11.9. The number of nitrogens with one attached hydrogen (secondary N) is 1. The van der Waals surface area contributed by atoms with Gasteiger partial charge in [0.2, 0.25) is 5.91 Å². The van der Waals surface area contributed by atoms with Gasteiger partial charge in [0.25, 0.3) is 0 Å². The van der Waals surface area contributed by atoms with Crippen molar-refractivity contribution in [1.29, 1.82) is 0 Å². The summed E-state index contributed by atoms with van der Waals surface area (Å²) in [5, 5.41) is 3.12. The Balaban J connectivity index is 1.72. The molecule has 2 fully saturated rings. The number of carbonyl (C=O) groups excluding carboxylic acids is 1. The third-order valence-corrected chi connectivity index (χ3v) is 4.76. The van der Waals surface area contributed by atoms with Crippen LogP contribution in [0.1, 0.15) is 52.4 Å². The molecule has 0 aromatic rings. The van der Waals surface area contributed by atoms with Gasteiger partial charge in [0.15, 0.2) is 0 Å². The monoisotopic (exact) mass is 267 g/mol. The SMILES string of the molecule is CC(C)[C@H](N)C(=O)NC1CCC(N(C)C2CC2)CC1. The van der Waals surface area contributed by atoms with Crippen LogP contribution in [0.15, 0.2) is 0 Å². The second kappa shape index (κ2) is 6.23. The maximum atomic E-state index is 11.9. The second-order valence-corrected chi connectivity index (χ2v) is 6.68. The lowest BCUT2D eigenvalue weighted by molar-refractivity contribution is -0.124. The Bertz CT molecular complexity index is 307. The fraction of sp³-hybridized carbons (Fsp3) is 0.933. The number of nitrogens with two attached hydrogens (primary N) is 1. The molecule has 0 aliphatic heterocycles.